The van der Waals surface area contributed by atoms with Gasteiger partial charge in [0.15, 0.2) is 9.80 Å². The molecule has 5 nitrogen and oxygen atoms in total. The second-order valence-electron chi connectivity index (χ2n) is 6.61. The summed E-state index contributed by atoms with van der Waals surface area (Å²) < 4.78 is 6.28. The topological polar surface area (TPSA) is 49.6 Å². The molecule has 2 aromatic heterocycles. The molecule has 2 heterocycles. The standard InChI is InChI=1S/C18H24BrN3O2S/c1-13(21(2)12-15-8-9-16(19)24-15)17(23)22(18-20-10-11-25-18)14-6-4-3-5-7-14/h8-11,13-14H,3-7,12H2,1-2H3/t13-/m0/s1. The maximum absolute atomic E-state index is 13.3. The van der Waals surface area contributed by atoms with Gasteiger partial charge in [-0.1, -0.05) is 19.3 Å². The highest BCUT2D eigenvalue weighted by Crippen LogP contribution is 2.30. The zero-order valence-corrected chi connectivity index (χ0v) is 17.1. The number of anilines is 1. The Bertz CT molecular complexity index is 682. The molecule has 3 rings (SSSR count). The Hall–Kier alpha value is -1.18. The smallest absolute Gasteiger partial charge is 0.246 e. The molecular weight excluding hydrogens is 402 g/mol. The minimum Gasteiger partial charge on any atom is -0.453 e. The maximum atomic E-state index is 13.3. The highest BCUT2D eigenvalue weighted by Gasteiger charge is 2.33. The number of likely N-dealkylation sites (N-methyl/N-ethyl adjacent to an activating group) is 1. The minimum atomic E-state index is -0.241. The van der Waals surface area contributed by atoms with Gasteiger partial charge in [-0.2, -0.15) is 0 Å². The van der Waals surface area contributed by atoms with Gasteiger partial charge in [-0.15, -0.1) is 11.3 Å². The van der Waals surface area contributed by atoms with E-state index in [4.69, 9.17) is 4.42 Å². The van der Waals surface area contributed by atoms with Crippen molar-refractivity contribution in [1.82, 2.24) is 9.88 Å². The molecule has 1 amide bonds. The molecule has 25 heavy (non-hydrogen) atoms. The highest BCUT2D eigenvalue weighted by molar-refractivity contribution is 9.10. The second kappa shape index (κ2) is 8.47. The Morgan fingerprint density at radius 2 is 2.16 bits per heavy atom. The summed E-state index contributed by atoms with van der Waals surface area (Å²) in [6.45, 7) is 2.55. The quantitative estimate of drug-likeness (QED) is 0.673. The molecule has 136 valence electrons. The largest absolute Gasteiger partial charge is 0.453 e. The van der Waals surface area contributed by atoms with Crippen molar-refractivity contribution < 1.29 is 9.21 Å². The number of aromatic nitrogens is 1. The average molecular weight is 426 g/mol. The SMILES string of the molecule is C[C@@H](C(=O)N(c1nccs1)C1CCCCC1)N(C)Cc1ccc(Br)o1. The molecule has 0 N–H and O–H groups in total. The highest BCUT2D eigenvalue weighted by atomic mass is 79.9. The van der Waals surface area contributed by atoms with E-state index >= 15 is 0 Å². The third-order valence-electron chi connectivity index (χ3n) is 4.86. The maximum Gasteiger partial charge on any atom is 0.246 e. The number of thiazole rings is 1. The first kappa shape index (κ1) is 18.6. The summed E-state index contributed by atoms with van der Waals surface area (Å²) >= 11 is 4.86. The third-order valence-corrected chi connectivity index (χ3v) is 6.05. The van der Waals surface area contributed by atoms with E-state index in [9.17, 15) is 4.79 Å². The Morgan fingerprint density at radius 1 is 1.40 bits per heavy atom. The number of halogens is 1. The van der Waals surface area contributed by atoms with Crippen LogP contribution in [-0.2, 0) is 11.3 Å². The fourth-order valence-electron chi connectivity index (χ4n) is 3.31. The molecule has 0 bridgehead atoms. The van der Waals surface area contributed by atoms with Gasteiger partial charge in [0.25, 0.3) is 0 Å². The van der Waals surface area contributed by atoms with E-state index in [2.05, 4.69) is 20.9 Å². The zero-order valence-electron chi connectivity index (χ0n) is 14.7. The van der Waals surface area contributed by atoms with Crippen LogP contribution in [0.5, 0.6) is 0 Å². The lowest BCUT2D eigenvalue weighted by Gasteiger charge is -2.36. The van der Waals surface area contributed by atoms with Crippen LogP contribution < -0.4 is 4.90 Å². The molecule has 0 unspecified atom stereocenters. The average Bonchev–Trinajstić information content (AvgIpc) is 3.27. The summed E-state index contributed by atoms with van der Waals surface area (Å²) in [4.78, 5) is 21.7. The number of hydrogen-bond donors (Lipinski definition) is 0. The van der Waals surface area contributed by atoms with E-state index in [0.717, 1.165) is 23.7 Å². The molecule has 7 heteroatoms. The van der Waals surface area contributed by atoms with E-state index in [1.807, 2.05) is 41.3 Å². The number of nitrogens with zero attached hydrogens (tertiary/aromatic N) is 3. The van der Waals surface area contributed by atoms with Gasteiger partial charge >= 0.3 is 0 Å². The Morgan fingerprint density at radius 3 is 2.76 bits per heavy atom. The van der Waals surface area contributed by atoms with Crippen LogP contribution in [-0.4, -0.2) is 34.9 Å². The van der Waals surface area contributed by atoms with Gasteiger partial charge in [0, 0.05) is 17.6 Å². The van der Waals surface area contributed by atoms with Crippen LogP contribution in [0.25, 0.3) is 0 Å². The van der Waals surface area contributed by atoms with Crippen LogP contribution in [0.15, 0.2) is 32.8 Å². The van der Waals surface area contributed by atoms with Crippen LogP contribution >= 0.6 is 27.3 Å². The zero-order chi connectivity index (χ0) is 17.8. The van der Waals surface area contributed by atoms with Crippen molar-refractivity contribution >= 4 is 38.3 Å². The van der Waals surface area contributed by atoms with Gasteiger partial charge in [0.2, 0.25) is 5.91 Å². The molecule has 0 aliphatic heterocycles. The van der Waals surface area contributed by atoms with Crippen molar-refractivity contribution in [3.8, 4) is 0 Å². The lowest BCUT2D eigenvalue weighted by Crippen LogP contribution is -2.50. The fraction of sp³-hybridized carbons (Fsp3) is 0.556. The lowest BCUT2D eigenvalue weighted by atomic mass is 9.94. The van der Waals surface area contributed by atoms with Gasteiger partial charge in [0.1, 0.15) is 5.76 Å². The number of furan rings is 1. The van der Waals surface area contributed by atoms with Crippen LogP contribution in [0, 0.1) is 0 Å². The summed E-state index contributed by atoms with van der Waals surface area (Å²) in [7, 11) is 1.96. The molecular formula is C18H24BrN3O2S. The van der Waals surface area contributed by atoms with Crippen LogP contribution in [0.3, 0.4) is 0 Å². The monoisotopic (exact) mass is 425 g/mol. The van der Waals surface area contributed by atoms with E-state index in [1.54, 1.807) is 17.5 Å². The Kier molecular flexibility index (Phi) is 6.30. The molecule has 1 saturated carbocycles. The molecule has 1 aliphatic rings. The summed E-state index contributed by atoms with van der Waals surface area (Å²) in [5, 5.41) is 2.76. The summed E-state index contributed by atoms with van der Waals surface area (Å²) in [6.07, 6.45) is 7.53. The third kappa shape index (κ3) is 4.51. The van der Waals surface area contributed by atoms with Crippen molar-refractivity contribution in [2.45, 2.75) is 57.7 Å². The Balaban J connectivity index is 1.74. The molecule has 1 aliphatic carbocycles. The lowest BCUT2D eigenvalue weighted by molar-refractivity contribution is -0.123. The number of hydrogen-bond acceptors (Lipinski definition) is 5. The van der Waals surface area contributed by atoms with Crippen LogP contribution in [0.1, 0.15) is 44.8 Å². The molecule has 0 radical (unpaired) electrons. The van der Waals surface area contributed by atoms with E-state index in [0.29, 0.717) is 11.2 Å². The van der Waals surface area contributed by atoms with Crippen LogP contribution in [0.2, 0.25) is 0 Å². The molecule has 1 atom stereocenters. The second-order valence-corrected chi connectivity index (χ2v) is 8.27. The molecule has 2 aromatic rings. The summed E-state index contributed by atoms with van der Waals surface area (Å²) in [6, 6.07) is 3.83. The predicted octanol–water partition coefficient (Wildman–Crippen LogP) is 4.68. The van der Waals surface area contributed by atoms with Crippen molar-refractivity contribution in [2.75, 3.05) is 11.9 Å². The van der Waals surface area contributed by atoms with Crippen LogP contribution in [0.4, 0.5) is 5.13 Å². The first-order valence-corrected chi connectivity index (χ1v) is 10.4. The molecule has 1 fully saturated rings. The van der Waals surface area contributed by atoms with E-state index in [1.165, 1.54) is 19.3 Å². The van der Waals surface area contributed by atoms with Gasteiger partial charge in [-0.05, 0) is 54.9 Å². The minimum absolute atomic E-state index is 0.120. The summed E-state index contributed by atoms with van der Waals surface area (Å²) in [5.41, 5.74) is 0. The van der Waals surface area contributed by atoms with Gasteiger partial charge < -0.3 is 4.42 Å². The first-order chi connectivity index (χ1) is 12.1. The first-order valence-electron chi connectivity index (χ1n) is 8.73. The van der Waals surface area contributed by atoms with Gasteiger partial charge in [-0.3, -0.25) is 14.6 Å². The van der Waals surface area contributed by atoms with E-state index in [-0.39, 0.29) is 18.0 Å². The van der Waals surface area contributed by atoms with Crippen molar-refractivity contribution in [2.24, 2.45) is 0 Å². The van der Waals surface area contributed by atoms with E-state index < -0.39 is 0 Å². The van der Waals surface area contributed by atoms with Crippen molar-refractivity contribution in [1.29, 1.82) is 0 Å². The summed E-state index contributed by atoms with van der Waals surface area (Å²) in [5.74, 6) is 0.961. The number of carbonyl (C=O) groups excluding carboxylic acids is 1. The number of amides is 1. The van der Waals surface area contributed by atoms with Gasteiger partial charge in [0.05, 0.1) is 12.6 Å². The molecule has 0 aromatic carbocycles. The molecule has 0 saturated heterocycles. The van der Waals surface area contributed by atoms with Gasteiger partial charge in [-0.25, -0.2) is 4.98 Å². The Labute approximate surface area is 161 Å². The molecule has 0 spiro atoms. The fourth-order valence-corrected chi connectivity index (χ4v) is 4.37. The number of rotatable bonds is 6. The van der Waals surface area contributed by atoms with Crippen molar-refractivity contribution in [3.05, 3.63) is 34.1 Å². The normalized spacial score (nSPS) is 17.0. The van der Waals surface area contributed by atoms with Crippen molar-refractivity contribution in [3.63, 3.8) is 0 Å². The predicted molar refractivity (Wildman–Crippen MR) is 104 cm³/mol. The number of carbonyl (C=O) groups is 1.